The van der Waals surface area contributed by atoms with Gasteiger partial charge in [-0.05, 0) is 17.7 Å². The van der Waals surface area contributed by atoms with E-state index in [0.717, 1.165) is 11.3 Å². The molecule has 0 amide bonds. The molecule has 0 spiro atoms. The predicted molar refractivity (Wildman–Crippen MR) is 93.0 cm³/mol. The Morgan fingerprint density at radius 3 is 2.56 bits per heavy atom. The van der Waals surface area contributed by atoms with Crippen LogP contribution in [0.3, 0.4) is 0 Å². The fourth-order valence-electron chi connectivity index (χ4n) is 2.22. The zero-order valence-corrected chi connectivity index (χ0v) is 14.4. The van der Waals surface area contributed by atoms with Gasteiger partial charge in [0.1, 0.15) is 18.1 Å². The van der Waals surface area contributed by atoms with Crippen LogP contribution in [0.15, 0.2) is 30.5 Å². The van der Waals surface area contributed by atoms with Crippen molar-refractivity contribution in [2.24, 2.45) is 0 Å². The maximum absolute atomic E-state index is 11.8. The molecular formula is C17H20N4O4. The SMILES string of the molecule is CNc1ncc(C=O)c(N(CC(=O)OC)Cc2ccc(OC)cc2)n1. The van der Waals surface area contributed by atoms with Gasteiger partial charge in [0, 0.05) is 19.8 Å². The molecule has 132 valence electrons. The number of ether oxygens (including phenoxy) is 2. The fraction of sp³-hybridized carbons (Fsp3) is 0.294. The molecule has 1 aromatic carbocycles. The van der Waals surface area contributed by atoms with Gasteiger partial charge in [-0.25, -0.2) is 4.98 Å². The Labute approximate surface area is 145 Å². The second-order valence-corrected chi connectivity index (χ2v) is 5.12. The highest BCUT2D eigenvalue weighted by atomic mass is 16.5. The van der Waals surface area contributed by atoms with Crippen molar-refractivity contribution in [3.63, 3.8) is 0 Å². The van der Waals surface area contributed by atoms with Gasteiger partial charge < -0.3 is 19.7 Å². The first kappa shape index (κ1) is 18.2. The van der Waals surface area contributed by atoms with Gasteiger partial charge in [0.05, 0.1) is 19.8 Å². The number of nitrogens with zero attached hydrogens (tertiary/aromatic N) is 3. The zero-order valence-electron chi connectivity index (χ0n) is 14.4. The minimum absolute atomic E-state index is 0.0520. The van der Waals surface area contributed by atoms with Gasteiger partial charge in [-0.3, -0.25) is 9.59 Å². The van der Waals surface area contributed by atoms with Crippen LogP contribution in [0.4, 0.5) is 11.8 Å². The average molecular weight is 344 g/mol. The molecule has 0 unspecified atom stereocenters. The molecule has 0 aliphatic rings. The van der Waals surface area contributed by atoms with E-state index in [-0.39, 0.29) is 12.1 Å². The normalized spacial score (nSPS) is 10.0. The number of rotatable bonds is 8. The van der Waals surface area contributed by atoms with Crippen molar-refractivity contribution in [2.75, 3.05) is 38.0 Å². The number of hydrogen-bond acceptors (Lipinski definition) is 8. The van der Waals surface area contributed by atoms with E-state index in [4.69, 9.17) is 9.47 Å². The fourth-order valence-corrected chi connectivity index (χ4v) is 2.22. The number of hydrogen-bond donors (Lipinski definition) is 1. The third kappa shape index (κ3) is 4.66. The molecule has 0 radical (unpaired) electrons. The minimum Gasteiger partial charge on any atom is -0.497 e. The van der Waals surface area contributed by atoms with Crippen molar-refractivity contribution in [2.45, 2.75) is 6.54 Å². The first-order valence-electron chi connectivity index (χ1n) is 7.56. The molecular weight excluding hydrogens is 324 g/mol. The van der Waals surface area contributed by atoms with E-state index in [1.54, 1.807) is 19.1 Å². The van der Waals surface area contributed by atoms with Crippen LogP contribution in [-0.4, -0.2) is 50.0 Å². The monoisotopic (exact) mass is 344 g/mol. The zero-order chi connectivity index (χ0) is 18.2. The van der Waals surface area contributed by atoms with E-state index in [1.807, 2.05) is 24.3 Å². The topological polar surface area (TPSA) is 93.7 Å². The molecule has 1 aromatic heterocycles. The van der Waals surface area contributed by atoms with Crippen molar-refractivity contribution < 1.29 is 19.1 Å². The first-order valence-corrected chi connectivity index (χ1v) is 7.56. The molecule has 8 nitrogen and oxygen atoms in total. The van der Waals surface area contributed by atoms with Gasteiger partial charge in [0.2, 0.25) is 5.95 Å². The summed E-state index contributed by atoms with van der Waals surface area (Å²) in [6.07, 6.45) is 2.08. The van der Waals surface area contributed by atoms with Crippen LogP contribution >= 0.6 is 0 Å². The van der Waals surface area contributed by atoms with Gasteiger partial charge in [0.25, 0.3) is 0 Å². The van der Waals surface area contributed by atoms with Crippen molar-refractivity contribution in [1.29, 1.82) is 0 Å². The molecule has 0 aliphatic heterocycles. The lowest BCUT2D eigenvalue weighted by Gasteiger charge is -2.24. The molecule has 2 rings (SSSR count). The highest BCUT2D eigenvalue weighted by Crippen LogP contribution is 2.21. The molecule has 25 heavy (non-hydrogen) atoms. The predicted octanol–water partition coefficient (Wildman–Crippen LogP) is 1.52. The number of methoxy groups -OCH3 is 2. The Bertz CT molecular complexity index is 734. The third-order valence-electron chi connectivity index (χ3n) is 3.53. The maximum Gasteiger partial charge on any atom is 0.325 e. The van der Waals surface area contributed by atoms with E-state index in [0.29, 0.717) is 24.6 Å². The second-order valence-electron chi connectivity index (χ2n) is 5.12. The molecule has 1 heterocycles. The van der Waals surface area contributed by atoms with Crippen molar-refractivity contribution in [1.82, 2.24) is 9.97 Å². The number of aldehydes is 1. The standard InChI is InChI=1S/C17H20N4O4/c1-18-17-19-8-13(11-22)16(20-17)21(10-15(23)25-3)9-12-4-6-14(24-2)7-5-12/h4-8,11H,9-10H2,1-3H3,(H,18,19,20). The summed E-state index contributed by atoms with van der Waals surface area (Å²) >= 11 is 0. The Hall–Kier alpha value is -3.16. The van der Waals surface area contributed by atoms with Crippen LogP contribution in [0.2, 0.25) is 0 Å². The first-order chi connectivity index (χ1) is 12.1. The molecule has 0 atom stereocenters. The molecule has 0 saturated carbocycles. The number of benzene rings is 1. The van der Waals surface area contributed by atoms with Crippen molar-refractivity contribution >= 4 is 24.0 Å². The summed E-state index contributed by atoms with van der Waals surface area (Å²) < 4.78 is 9.90. The van der Waals surface area contributed by atoms with Crippen LogP contribution in [0.5, 0.6) is 5.75 Å². The smallest absolute Gasteiger partial charge is 0.325 e. The average Bonchev–Trinajstić information content (AvgIpc) is 2.67. The number of anilines is 2. The lowest BCUT2D eigenvalue weighted by atomic mass is 10.2. The molecule has 2 aromatic rings. The lowest BCUT2D eigenvalue weighted by molar-refractivity contribution is -0.139. The molecule has 0 saturated heterocycles. The molecule has 0 bridgehead atoms. The lowest BCUT2D eigenvalue weighted by Crippen LogP contribution is -2.32. The third-order valence-corrected chi connectivity index (χ3v) is 3.53. The summed E-state index contributed by atoms with van der Waals surface area (Å²) in [5.41, 5.74) is 1.21. The summed E-state index contributed by atoms with van der Waals surface area (Å²) in [4.78, 5) is 33.2. The van der Waals surface area contributed by atoms with E-state index in [2.05, 4.69) is 15.3 Å². The Morgan fingerprint density at radius 1 is 1.28 bits per heavy atom. The second kappa shape index (κ2) is 8.62. The van der Waals surface area contributed by atoms with Crippen molar-refractivity contribution in [3.05, 3.63) is 41.6 Å². The Morgan fingerprint density at radius 2 is 2.00 bits per heavy atom. The number of aromatic nitrogens is 2. The molecule has 8 heteroatoms. The van der Waals surface area contributed by atoms with Crippen LogP contribution < -0.4 is 15.0 Å². The summed E-state index contributed by atoms with van der Waals surface area (Å²) in [5.74, 6) is 1.01. The van der Waals surface area contributed by atoms with Gasteiger partial charge in [-0.15, -0.1) is 0 Å². The van der Waals surface area contributed by atoms with Crippen LogP contribution in [0, 0.1) is 0 Å². The molecule has 1 N–H and O–H groups in total. The summed E-state index contributed by atoms with van der Waals surface area (Å²) in [6.45, 7) is 0.309. The summed E-state index contributed by atoms with van der Waals surface area (Å²) in [6, 6.07) is 7.41. The van der Waals surface area contributed by atoms with Gasteiger partial charge in [0.15, 0.2) is 6.29 Å². The van der Waals surface area contributed by atoms with Crippen LogP contribution in [0.1, 0.15) is 15.9 Å². The molecule has 0 aliphatic carbocycles. The van der Waals surface area contributed by atoms with E-state index >= 15 is 0 Å². The van der Waals surface area contributed by atoms with E-state index in [9.17, 15) is 9.59 Å². The summed E-state index contributed by atoms with van der Waals surface area (Å²) in [7, 11) is 4.58. The van der Waals surface area contributed by atoms with Crippen LogP contribution in [-0.2, 0) is 16.1 Å². The molecule has 0 fully saturated rings. The summed E-state index contributed by atoms with van der Waals surface area (Å²) in [5, 5.41) is 2.82. The van der Waals surface area contributed by atoms with Gasteiger partial charge in [-0.1, -0.05) is 12.1 Å². The van der Waals surface area contributed by atoms with Gasteiger partial charge >= 0.3 is 5.97 Å². The Balaban J connectivity index is 2.37. The number of esters is 1. The van der Waals surface area contributed by atoms with E-state index < -0.39 is 5.97 Å². The number of carbonyl (C=O) groups excluding carboxylic acids is 2. The van der Waals surface area contributed by atoms with Crippen molar-refractivity contribution in [3.8, 4) is 5.75 Å². The highest BCUT2D eigenvalue weighted by molar-refractivity contribution is 5.85. The quantitative estimate of drug-likeness (QED) is 0.569. The Kier molecular flexibility index (Phi) is 6.27. The minimum atomic E-state index is -0.435. The number of carbonyl (C=O) groups is 2. The van der Waals surface area contributed by atoms with Gasteiger partial charge in [-0.2, -0.15) is 4.98 Å². The largest absolute Gasteiger partial charge is 0.497 e. The van der Waals surface area contributed by atoms with E-state index in [1.165, 1.54) is 13.3 Å². The maximum atomic E-state index is 11.8. The highest BCUT2D eigenvalue weighted by Gasteiger charge is 2.18. The van der Waals surface area contributed by atoms with Crippen LogP contribution in [0.25, 0.3) is 0 Å². The number of nitrogens with one attached hydrogen (secondary N) is 1.